The van der Waals surface area contributed by atoms with Crippen LogP contribution in [0.25, 0.3) is 0 Å². The van der Waals surface area contributed by atoms with Gasteiger partial charge in [0.2, 0.25) is 0 Å². The molecule has 0 nitrogen and oxygen atoms in total. The molecule has 5 unspecified atom stereocenters. The molecule has 0 saturated heterocycles. The van der Waals surface area contributed by atoms with Gasteiger partial charge in [0, 0.05) is 0 Å². The van der Waals surface area contributed by atoms with Gasteiger partial charge < -0.3 is 24.8 Å². The maximum atomic E-state index is 2.51. The van der Waals surface area contributed by atoms with Gasteiger partial charge >= 0.3 is 104 Å². The van der Waals surface area contributed by atoms with Gasteiger partial charge in [-0.25, -0.2) is 29.2 Å². The van der Waals surface area contributed by atoms with Gasteiger partial charge in [0.05, 0.1) is 0 Å². The van der Waals surface area contributed by atoms with Crippen LogP contribution in [0.4, 0.5) is 0 Å². The van der Waals surface area contributed by atoms with Gasteiger partial charge in [-0.2, -0.15) is 18.2 Å². The first-order valence-electron chi connectivity index (χ1n) is 18.8. The summed E-state index contributed by atoms with van der Waals surface area (Å²) in [5, 5.41) is 0. The van der Waals surface area contributed by atoms with Crippen LogP contribution < -0.4 is 24.8 Å². The monoisotopic (exact) mass is 842 g/mol. The van der Waals surface area contributed by atoms with Gasteiger partial charge in [-0.05, 0) is 30.6 Å². The predicted octanol–water partition coefficient (Wildman–Crippen LogP) is 6.33. The van der Waals surface area contributed by atoms with E-state index in [9.17, 15) is 0 Å². The average Bonchev–Trinajstić information content (AvgIpc) is 3.77. The number of rotatable bonds is 2. The van der Waals surface area contributed by atoms with Gasteiger partial charge in [0.15, 0.2) is 0 Å². The normalized spacial score (nSPS) is 30.0. The van der Waals surface area contributed by atoms with Crippen LogP contribution in [0.2, 0.25) is 11.1 Å². The van der Waals surface area contributed by atoms with Crippen molar-refractivity contribution in [2.75, 3.05) is 0 Å². The second-order valence-corrected chi connectivity index (χ2v) is 24.8. The molecular formula is C42H60Cl2HfSi-2. The van der Waals surface area contributed by atoms with E-state index in [2.05, 4.69) is 52.0 Å². The van der Waals surface area contributed by atoms with Crippen molar-refractivity contribution >= 4 is 5.49 Å². The Balaban J connectivity index is 0.000000193. The quantitative estimate of drug-likeness (QED) is 0.246. The van der Waals surface area contributed by atoms with Crippen LogP contribution in [0.5, 0.6) is 0 Å². The minimum absolute atomic E-state index is 0. The van der Waals surface area contributed by atoms with Crippen LogP contribution in [-0.2, 0) is 29.4 Å². The van der Waals surface area contributed by atoms with E-state index in [1.165, 1.54) is 62.4 Å². The van der Waals surface area contributed by atoms with Crippen LogP contribution in [0.1, 0.15) is 141 Å². The van der Waals surface area contributed by atoms with E-state index < -0.39 is 0 Å². The number of allylic oxidation sites excluding steroid dienone is 2. The van der Waals surface area contributed by atoms with E-state index >= 15 is 0 Å². The van der Waals surface area contributed by atoms with Crippen LogP contribution in [-0.4, -0.2) is 5.49 Å². The minimum Gasteiger partial charge on any atom is -0.214 e. The third-order valence-electron chi connectivity index (χ3n) is 13.5. The summed E-state index contributed by atoms with van der Waals surface area (Å²) in [6.07, 6.45) is 24.3. The van der Waals surface area contributed by atoms with Crippen molar-refractivity contribution in [3.8, 4) is 0 Å². The van der Waals surface area contributed by atoms with Crippen LogP contribution in [0.15, 0.2) is 65.7 Å². The maximum Gasteiger partial charge on any atom is -0.172 e. The molecule has 0 aromatic heterocycles. The summed E-state index contributed by atoms with van der Waals surface area (Å²) >= 11 is 1.57. The summed E-state index contributed by atoms with van der Waals surface area (Å²) < 4.78 is 0. The van der Waals surface area contributed by atoms with Gasteiger partial charge in [-0.1, -0.05) is 99.1 Å². The number of benzene rings is 1. The molecule has 6 aliphatic carbocycles. The Bertz CT molecular complexity index is 1210. The summed E-state index contributed by atoms with van der Waals surface area (Å²) in [5.74, 6) is 6.00. The first kappa shape index (κ1) is 38.6. The maximum absolute atomic E-state index is 2.51. The zero-order chi connectivity index (χ0) is 30.7. The molecule has 0 bridgehead atoms. The molecule has 5 atom stereocenters. The SMILES string of the molecule is C[C-]1C2=C3Cc4ccccc4C3C3CCCCC3C2CC(C)C1(C)C.[Cl-].[Cl-].[Hf+2]=[Si](C1CCCCC1)C1CCCCC1.c1cc[cH-]c1. The molecule has 4 heteroatoms. The first-order valence-corrected chi connectivity index (χ1v) is 25.8. The van der Waals surface area contributed by atoms with Crippen molar-refractivity contribution in [3.05, 3.63) is 82.8 Å². The average molecular weight is 842 g/mol. The van der Waals surface area contributed by atoms with Crippen LogP contribution in [0.3, 0.4) is 0 Å². The smallest absolute Gasteiger partial charge is 0.172 e. The Hall–Kier alpha value is -0.153. The van der Waals surface area contributed by atoms with Crippen molar-refractivity contribution < 1.29 is 47.8 Å². The molecule has 2 aromatic rings. The molecule has 0 heterocycles. The minimum atomic E-state index is 0. The van der Waals surface area contributed by atoms with Gasteiger partial charge in [0.25, 0.3) is 0 Å². The van der Waals surface area contributed by atoms with Crippen molar-refractivity contribution in [2.24, 2.45) is 29.1 Å². The summed E-state index contributed by atoms with van der Waals surface area (Å²) in [7, 11) is 0. The molecule has 2 aromatic carbocycles. The van der Waals surface area contributed by atoms with E-state index in [-0.39, 0.29) is 30.3 Å². The third-order valence-corrected chi connectivity index (χ3v) is 25.3. The second kappa shape index (κ2) is 17.7. The summed E-state index contributed by atoms with van der Waals surface area (Å²) in [6.45, 7) is 9.99. The molecule has 0 N–H and O–H groups in total. The Morgan fingerprint density at radius 3 is 1.87 bits per heavy atom. The Labute approximate surface area is 310 Å². The van der Waals surface area contributed by atoms with Crippen molar-refractivity contribution in [2.45, 2.75) is 147 Å². The first-order chi connectivity index (χ1) is 21.4. The summed E-state index contributed by atoms with van der Waals surface area (Å²) in [5.41, 5.74) is 10.0. The fourth-order valence-corrected chi connectivity index (χ4v) is 19.4. The Kier molecular flexibility index (Phi) is 14.8. The Morgan fingerprint density at radius 2 is 1.30 bits per heavy atom. The number of hydrogen-bond donors (Lipinski definition) is 0. The van der Waals surface area contributed by atoms with Crippen molar-refractivity contribution in [1.82, 2.24) is 0 Å². The zero-order valence-corrected chi connectivity index (χ0v) is 35.4. The van der Waals surface area contributed by atoms with Crippen LogP contribution in [0, 0.1) is 35.0 Å². The molecule has 6 aliphatic rings. The predicted molar refractivity (Wildman–Crippen MR) is 187 cm³/mol. The molecule has 0 aliphatic heterocycles. The van der Waals surface area contributed by atoms with E-state index in [0.717, 1.165) is 29.6 Å². The number of fused-ring (bicyclic) bond motifs is 7. The second-order valence-electron chi connectivity index (χ2n) is 16.1. The molecule has 4 fully saturated rings. The van der Waals surface area contributed by atoms with Crippen molar-refractivity contribution in [3.63, 3.8) is 0 Å². The molecule has 4 saturated carbocycles. The largest absolute Gasteiger partial charge is 0.214 e. The van der Waals surface area contributed by atoms with E-state index in [4.69, 9.17) is 0 Å². The fourth-order valence-electron chi connectivity index (χ4n) is 10.5. The standard InChI is InChI=1S/C25H33.C12H22Si.C5H5.2ClH.Hf/c1-15-13-21-19-11-7-8-12-20(19)24-18-10-6-5-9-17(18)14-22(24)23(21)16(2)25(15,3)4;1-3-7-11(8-4-1)13-12-9-5-2-6-10-12;1-2-4-5-3-1;;;/h5-6,9-10,15,19-21,24H,7-8,11-14H2,1-4H3;11-12H,1-10H2;1-5H;2*1H;/q-1;;-1;;;+2/p-2. The summed E-state index contributed by atoms with van der Waals surface area (Å²) in [4.78, 5) is 0. The van der Waals surface area contributed by atoms with Gasteiger partial charge in [0.1, 0.15) is 0 Å². The van der Waals surface area contributed by atoms with E-state index in [1.54, 1.807) is 91.4 Å². The van der Waals surface area contributed by atoms with Crippen molar-refractivity contribution in [1.29, 1.82) is 0 Å². The molecule has 0 amide bonds. The number of halogens is 2. The molecule has 0 spiro atoms. The van der Waals surface area contributed by atoms with Gasteiger partial charge in [-0.15, -0.1) is 6.92 Å². The van der Waals surface area contributed by atoms with Crippen LogP contribution >= 0.6 is 0 Å². The molecule has 8 rings (SSSR count). The molecular weight excluding hydrogens is 782 g/mol. The third kappa shape index (κ3) is 8.24. The zero-order valence-electron chi connectivity index (χ0n) is 29.3. The Morgan fingerprint density at radius 1 is 0.761 bits per heavy atom. The fraction of sp³-hybridized carbons (Fsp3) is 0.667. The summed E-state index contributed by atoms with van der Waals surface area (Å²) in [6, 6.07) is 19.4. The van der Waals surface area contributed by atoms with Gasteiger partial charge in [-0.3, -0.25) is 0 Å². The molecule has 252 valence electrons. The molecule has 46 heavy (non-hydrogen) atoms. The molecule has 0 radical (unpaired) electrons. The number of hydrogen-bond acceptors (Lipinski definition) is 0. The topological polar surface area (TPSA) is 0 Å². The van der Waals surface area contributed by atoms with E-state index in [1.807, 2.05) is 41.5 Å². The van der Waals surface area contributed by atoms with E-state index in [0.29, 0.717) is 5.41 Å².